The van der Waals surface area contributed by atoms with Crippen molar-refractivity contribution in [2.75, 3.05) is 13.7 Å². The van der Waals surface area contributed by atoms with Crippen LogP contribution in [0.2, 0.25) is 0 Å². The maximum atomic E-state index is 5.86. The number of benzene rings is 1. The van der Waals surface area contributed by atoms with Crippen molar-refractivity contribution in [1.82, 2.24) is 5.32 Å². The van der Waals surface area contributed by atoms with Gasteiger partial charge in [-0.25, -0.2) is 0 Å². The number of hydrogen-bond donors (Lipinski definition) is 1. The van der Waals surface area contributed by atoms with E-state index in [1.807, 2.05) is 46.0 Å². The van der Waals surface area contributed by atoms with Gasteiger partial charge in [0.15, 0.2) is 0 Å². The lowest BCUT2D eigenvalue weighted by molar-refractivity contribution is 0.0482. The first-order valence-corrected chi connectivity index (χ1v) is 6.64. The second-order valence-corrected chi connectivity index (χ2v) is 4.63. The van der Waals surface area contributed by atoms with E-state index < -0.39 is 0 Å². The van der Waals surface area contributed by atoms with Gasteiger partial charge in [0.1, 0.15) is 5.75 Å². The van der Waals surface area contributed by atoms with Crippen molar-refractivity contribution in [1.29, 1.82) is 0 Å². The van der Waals surface area contributed by atoms with Gasteiger partial charge in [0.05, 0.1) is 18.2 Å². The van der Waals surface area contributed by atoms with E-state index in [4.69, 9.17) is 9.47 Å². The average molecular weight is 251 g/mol. The van der Waals surface area contributed by atoms with Crippen LogP contribution in [-0.4, -0.2) is 25.9 Å². The first-order valence-electron chi connectivity index (χ1n) is 6.64. The fourth-order valence-corrected chi connectivity index (χ4v) is 2.10. The lowest BCUT2D eigenvalue weighted by atomic mass is 10.0. The molecule has 102 valence electrons. The summed E-state index contributed by atoms with van der Waals surface area (Å²) in [4.78, 5) is 0. The summed E-state index contributed by atoms with van der Waals surface area (Å²) >= 11 is 0. The van der Waals surface area contributed by atoms with Gasteiger partial charge in [0, 0.05) is 12.2 Å². The zero-order chi connectivity index (χ0) is 13.5. The summed E-state index contributed by atoms with van der Waals surface area (Å²) in [5.41, 5.74) is 1.15. The Bertz CT molecular complexity index is 352. The minimum absolute atomic E-state index is 0.108. The van der Waals surface area contributed by atoms with E-state index in [1.54, 1.807) is 0 Å². The van der Waals surface area contributed by atoms with Crippen LogP contribution in [0.15, 0.2) is 24.3 Å². The summed E-state index contributed by atoms with van der Waals surface area (Å²) in [5, 5.41) is 3.31. The molecule has 0 fully saturated rings. The Hall–Kier alpha value is -1.06. The molecule has 0 saturated heterocycles. The molecule has 3 heteroatoms. The van der Waals surface area contributed by atoms with E-state index in [0.29, 0.717) is 6.61 Å². The summed E-state index contributed by atoms with van der Waals surface area (Å²) < 4.78 is 11.6. The maximum absolute atomic E-state index is 5.86. The molecule has 1 rings (SSSR count). The van der Waals surface area contributed by atoms with Gasteiger partial charge in [0.2, 0.25) is 0 Å². The van der Waals surface area contributed by atoms with Crippen molar-refractivity contribution in [2.45, 2.75) is 45.9 Å². The highest BCUT2D eigenvalue weighted by Gasteiger charge is 2.21. The van der Waals surface area contributed by atoms with Crippen molar-refractivity contribution >= 4 is 0 Å². The number of para-hydroxylation sites is 1. The van der Waals surface area contributed by atoms with E-state index in [1.165, 1.54) is 0 Å². The molecule has 0 aliphatic rings. The minimum Gasteiger partial charge on any atom is -0.491 e. The summed E-state index contributed by atoms with van der Waals surface area (Å²) in [6.07, 6.45) is 0.281. The second-order valence-electron chi connectivity index (χ2n) is 4.63. The second kappa shape index (κ2) is 7.39. The van der Waals surface area contributed by atoms with Crippen LogP contribution in [0.4, 0.5) is 0 Å². The Morgan fingerprint density at radius 2 is 1.83 bits per heavy atom. The molecule has 0 aliphatic heterocycles. The topological polar surface area (TPSA) is 30.5 Å². The fourth-order valence-electron chi connectivity index (χ4n) is 2.10. The number of likely N-dealkylation sites (N-methyl/N-ethyl adjacent to an activating group) is 1. The van der Waals surface area contributed by atoms with Gasteiger partial charge in [-0.15, -0.1) is 0 Å². The Kier molecular flexibility index (Phi) is 6.16. The number of ether oxygens (including phenoxy) is 2. The number of nitrogens with one attached hydrogen (secondary N) is 1. The Morgan fingerprint density at radius 1 is 1.17 bits per heavy atom. The SMILES string of the molecule is CCOC(C)C(NC)c1ccccc1OC(C)C. The zero-order valence-corrected chi connectivity index (χ0v) is 12.1. The lowest BCUT2D eigenvalue weighted by Gasteiger charge is -2.26. The molecule has 0 heterocycles. The third-order valence-corrected chi connectivity index (χ3v) is 2.83. The normalized spacial score (nSPS) is 14.6. The molecule has 1 aromatic carbocycles. The van der Waals surface area contributed by atoms with Crippen molar-refractivity contribution in [3.05, 3.63) is 29.8 Å². The highest BCUT2D eigenvalue weighted by atomic mass is 16.5. The van der Waals surface area contributed by atoms with Crippen molar-refractivity contribution in [2.24, 2.45) is 0 Å². The first-order chi connectivity index (χ1) is 8.60. The van der Waals surface area contributed by atoms with Crippen LogP contribution in [0.25, 0.3) is 0 Å². The van der Waals surface area contributed by atoms with Gasteiger partial charge in [-0.3, -0.25) is 0 Å². The standard InChI is InChI=1S/C15H25NO2/c1-6-17-12(4)15(16-5)13-9-7-8-10-14(13)18-11(2)3/h7-12,15-16H,6H2,1-5H3. The minimum atomic E-state index is 0.108. The van der Waals surface area contributed by atoms with E-state index in [0.717, 1.165) is 11.3 Å². The molecule has 0 saturated carbocycles. The van der Waals surface area contributed by atoms with E-state index in [2.05, 4.69) is 18.3 Å². The molecule has 0 radical (unpaired) electrons. The molecule has 0 bridgehead atoms. The largest absolute Gasteiger partial charge is 0.491 e. The van der Waals surface area contributed by atoms with Gasteiger partial charge in [-0.05, 0) is 40.8 Å². The molecule has 0 aliphatic carbocycles. The van der Waals surface area contributed by atoms with Crippen LogP contribution in [0, 0.1) is 0 Å². The third kappa shape index (κ3) is 4.00. The monoisotopic (exact) mass is 251 g/mol. The highest BCUT2D eigenvalue weighted by molar-refractivity contribution is 5.36. The predicted octanol–water partition coefficient (Wildman–Crippen LogP) is 3.16. The summed E-state index contributed by atoms with van der Waals surface area (Å²) in [5.74, 6) is 0.929. The van der Waals surface area contributed by atoms with Gasteiger partial charge in [-0.2, -0.15) is 0 Å². The summed E-state index contributed by atoms with van der Waals surface area (Å²) in [7, 11) is 1.95. The molecule has 0 aromatic heterocycles. The van der Waals surface area contributed by atoms with Crippen molar-refractivity contribution < 1.29 is 9.47 Å². The van der Waals surface area contributed by atoms with Crippen LogP contribution in [-0.2, 0) is 4.74 Å². The quantitative estimate of drug-likeness (QED) is 0.807. The van der Waals surface area contributed by atoms with Crippen LogP contribution in [0.1, 0.15) is 39.3 Å². The number of rotatable bonds is 7. The average Bonchev–Trinajstić information content (AvgIpc) is 2.32. The van der Waals surface area contributed by atoms with E-state index in [-0.39, 0.29) is 18.2 Å². The maximum Gasteiger partial charge on any atom is 0.124 e. The summed E-state index contributed by atoms with van der Waals surface area (Å²) in [6.45, 7) is 8.89. The molecular weight excluding hydrogens is 226 g/mol. The first kappa shape index (κ1) is 15.0. The van der Waals surface area contributed by atoms with Crippen LogP contribution >= 0.6 is 0 Å². The van der Waals surface area contributed by atoms with Gasteiger partial charge in [0.25, 0.3) is 0 Å². The third-order valence-electron chi connectivity index (χ3n) is 2.83. The highest BCUT2D eigenvalue weighted by Crippen LogP contribution is 2.28. The molecule has 2 unspecified atom stereocenters. The van der Waals surface area contributed by atoms with Crippen molar-refractivity contribution in [3.8, 4) is 5.75 Å². The number of hydrogen-bond acceptors (Lipinski definition) is 3. The Balaban J connectivity index is 2.97. The zero-order valence-electron chi connectivity index (χ0n) is 12.1. The van der Waals surface area contributed by atoms with E-state index in [9.17, 15) is 0 Å². The van der Waals surface area contributed by atoms with Gasteiger partial charge in [-0.1, -0.05) is 18.2 Å². The molecule has 1 N–H and O–H groups in total. The Labute approximate surface area is 110 Å². The molecule has 2 atom stereocenters. The van der Waals surface area contributed by atoms with Crippen LogP contribution in [0.3, 0.4) is 0 Å². The molecular formula is C15H25NO2. The molecule has 3 nitrogen and oxygen atoms in total. The van der Waals surface area contributed by atoms with Crippen LogP contribution < -0.4 is 10.1 Å². The van der Waals surface area contributed by atoms with Crippen LogP contribution in [0.5, 0.6) is 5.75 Å². The fraction of sp³-hybridized carbons (Fsp3) is 0.600. The lowest BCUT2D eigenvalue weighted by Crippen LogP contribution is -2.30. The van der Waals surface area contributed by atoms with Crippen molar-refractivity contribution in [3.63, 3.8) is 0 Å². The van der Waals surface area contributed by atoms with Gasteiger partial charge < -0.3 is 14.8 Å². The Morgan fingerprint density at radius 3 is 2.39 bits per heavy atom. The molecule has 0 amide bonds. The smallest absolute Gasteiger partial charge is 0.124 e. The predicted molar refractivity (Wildman–Crippen MR) is 75.1 cm³/mol. The van der Waals surface area contributed by atoms with E-state index >= 15 is 0 Å². The molecule has 18 heavy (non-hydrogen) atoms. The molecule has 0 spiro atoms. The summed E-state index contributed by atoms with van der Waals surface area (Å²) in [6, 6.07) is 8.28. The molecule has 1 aromatic rings. The van der Waals surface area contributed by atoms with Gasteiger partial charge >= 0.3 is 0 Å².